The first kappa shape index (κ1) is 13.1. The molecule has 6 heteroatoms. The Labute approximate surface area is 106 Å². The molecule has 0 saturated heterocycles. The fraction of sp³-hybridized carbons (Fsp3) is 0.333. The predicted molar refractivity (Wildman–Crippen MR) is 69.6 cm³/mol. The van der Waals surface area contributed by atoms with Gasteiger partial charge in [-0.25, -0.2) is 13.1 Å². The van der Waals surface area contributed by atoms with Crippen LogP contribution in [0.5, 0.6) is 0 Å². The van der Waals surface area contributed by atoms with Gasteiger partial charge in [-0.3, -0.25) is 0 Å². The van der Waals surface area contributed by atoms with Crippen molar-refractivity contribution in [3.05, 3.63) is 30.5 Å². The second kappa shape index (κ2) is 5.09. The zero-order valence-corrected chi connectivity index (χ0v) is 10.9. The lowest BCUT2D eigenvalue weighted by molar-refractivity contribution is 0.542. The molecule has 0 fully saturated rings. The van der Waals surface area contributed by atoms with Gasteiger partial charge in [0.25, 0.3) is 0 Å². The number of nitrogens with two attached hydrogens (primary N) is 1. The first-order valence-electron chi connectivity index (χ1n) is 5.70. The molecule has 1 aromatic carbocycles. The van der Waals surface area contributed by atoms with Crippen LogP contribution >= 0.6 is 0 Å². The number of hydrogen-bond acceptors (Lipinski definition) is 4. The highest BCUT2D eigenvalue weighted by molar-refractivity contribution is 7.89. The lowest BCUT2D eigenvalue weighted by Crippen LogP contribution is -2.31. The van der Waals surface area contributed by atoms with Crippen LogP contribution in [0.25, 0.3) is 11.0 Å². The molecule has 0 amide bonds. The smallest absolute Gasteiger partial charge is 0.244 e. The van der Waals surface area contributed by atoms with E-state index in [-0.39, 0.29) is 10.8 Å². The molecule has 3 N–H and O–H groups in total. The van der Waals surface area contributed by atoms with Crippen LogP contribution in [0, 0.1) is 5.92 Å². The first-order valence-corrected chi connectivity index (χ1v) is 7.19. The summed E-state index contributed by atoms with van der Waals surface area (Å²) in [6, 6.07) is 7.03. The number of hydrogen-bond donors (Lipinski definition) is 2. The van der Waals surface area contributed by atoms with E-state index in [0.29, 0.717) is 24.1 Å². The number of benzene rings is 1. The van der Waals surface area contributed by atoms with Crippen molar-refractivity contribution in [1.82, 2.24) is 4.72 Å². The van der Waals surface area contributed by atoms with E-state index >= 15 is 0 Å². The zero-order chi connectivity index (χ0) is 13.2. The minimum Gasteiger partial charge on any atom is -0.463 e. The van der Waals surface area contributed by atoms with E-state index in [9.17, 15) is 8.42 Å². The minimum atomic E-state index is -3.55. The van der Waals surface area contributed by atoms with Gasteiger partial charge in [-0.1, -0.05) is 19.1 Å². The molecule has 1 aromatic heterocycles. The number of nitrogens with one attached hydrogen (secondary N) is 1. The van der Waals surface area contributed by atoms with Gasteiger partial charge in [0.1, 0.15) is 16.7 Å². The van der Waals surface area contributed by atoms with E-state index < -0.39 is 10.0 Å². The van der Waals surface area contributed by atoms with Crippen LogP contribution in [-0.4, -0.2) is 21.5 Å². The highest BCUT2D eigenvalue weighted by Crippen LogP contribution is 2.24. The molecule has 0 aliphatic rings. The van der Waals surface area contributed by atoms with Crippen LogP contribution in [0.1, 0.15) is 6.92 Å². The summed E-state index contributed by atoms with van der Waals surface area (Å²) in [6.07, 6.45) is 1.26. The van der Waals surface area contributed by atoms with E-state index in [1.165, 1.54) is 6.26 Å². The first-order chi connectivity index (χ1) is 8.54. The van der Waals surface area contributed by atoms with Crippen LogP contribution in [-0.2, 0) is 10.0 Å². The molecule has 0 aliphatic heterocycles. The average molecular weight is 268 g/mol. The van der Waals surface area contributed by atoms with Crippen molar-refractivity contribution in [3.63, 3.8) is 0 Å². The van der Waals surface area contributed by atoms with Crippen molar-refractivity contribution in [2.75, 3.05) is 13.1 Å². The summed E-state index contributed by atoms with van der Waals surface area (Å²) >= 11 is 0. The molecule has 2 aromatic rings. The van der Waals surface area contributed by atoms with Gasteiger partial charge in [-0.2, -0.15) is 0 Å². The van der Waals surface area contributed by atoms with Crippen molar-refractivity contribution in [2.24, 2.45) is 11.7 Å². The standard InChI is InChI=1S/C12H16N2O3S/c1-9(6-13)7-14-18(15,16)12-8-17-11-5-3-2-4-10(11)12/h2-5,8-9,14H,6-7,13H2,1H3. The topological polar surface area (TPSA) is 85.3 Å². The molecule has 1 heterocycles. The Balaban J connectivity index is 2.30. The van der Waals surface area contributed by atoms with Crippen molar-refractivity contribution in [3.8, 4) is 0 Å². The fourth-order valence-electron chi connectivity index (χ4n) is 1.57. The summed E-state index contributed by atoms with van der Waals surface area (Å²) in [5, 5.41) is 0.588. The van der Waals surface area contributed by atoms with Crippen LogP contribution in [0.15, 0.2) is 39.8 Å². The normalized spacial score (nSPS) is 13.9. The lowest BCUT2D eigenvalue weighted by atomic mass is 10.2. The third-order valence-electron chi connectivity index (χ3n) is 2.76. The second-order valence-corrected chi connectivity index (χ2v) is 6.02. The molecule has 1 atom stereocenters. The van der Waals surface area contributed by atoms with E-state index in [4.69, 9.17) is 10.2 Å². The van der Waals surface area contributed by atoms with Crippen LogP contribution in [0.3, 0.4) is 0 Å². The van der Waals surface area contributed by atoms with E-state index in [1.807, 2.05) is 6.92 Å². The summed E-state index contributed by atoms with van der Waals surface area (Å²) in [4.78, 5) is 0.169. The minimum absolute atomic E-state index is 0.0953. The Morgan fingerprint density at radius 2 is 2.11 bits per heavy atom. The highest BCUT2D eigenvalue weighted by atomic mass is 32.2. The molecule has 1 unspecified atom stereocenters. The monoisotopic (exact) mass is 268 g/mol. The molecule has 0 bridgehead atoms. The largest absolute Gasteiger partial charge is 0.463 e. The van der Waals surface area contributed by atoms with Gasteiger partial charge in [0.05, 0.1) is 0 Å². The number of para-hydroxylation sites is 1. The number of rotatable bonds is 5. The van der Waals surface area contributed by atoms with Crippen molar-refractivity contribution in [1.29, 1.82) is 0 Å². The molecule has 18 heavy (non-hydrogen) atoms. The number of fused-ring (bicyclic) bond motifs is 1. The maximum absolute atomic E-state index is 12.1. The molecule has 0 radical (unpaired) electrons. The van der Waals surface area contributed by atoms with Gasteiger partial charge in [-0.05, 0) is 24.6 Å². The molecule has 5 nitrogen and oxygen atoms in total. The van der Waals surface area contributed by atoms with Crippen molar-refractivity contribution >= 4 is 21.0 Å². The maximum Gasteiger partial charge on any atom is 0.244 e. The van der Waals surface area contributed by atoms with Gasteiger partial charge in [-0.15, -0.1) is 0 Å². The summed E-state index contributed by atoms with van der Waals surface area (Å²) in [7, 11) is -3.55. The van der Waals surface area contributed by atoms with Crippen molar-refractivity contribution in [2.45, 2.75) is 11.8 Å². The average Bonchev–Trinajstić information content (AvgIpc) is 2.80. The predicted octanol–water partition coefficient (Wildman–Crippen LogP) is 1.31. The van der Waals surface area contributed by atoms with E-state index in [0.717, 1.165) is 0 Å². The van der Waals surface area contributed by atoms with Crippen LogP contribution in [0.2, 0.25) is 0 Å². The molecular formula is C12H16N2O3S. The van der Waals surface area contributed by atoms with E-state index in [1.54, 1.807) is 24.3 Å². The van der Waals surface area contributed by atoms with Crippen LogP contribution in [0.4, 0.5) is 0 Å². The Hall–Kier alpha value is -1.37. The SMILES string of the molecule is CC(CN)CNS(=O)(=O)c1coc2ccccc12. The fourth-order valence-corrected chi connectivity index (χ4v) is 2.87. The summed E-state index contributed by atoms with van der Waals surface area (Å²) < 4.78 is 32.0. The van der Waals surface area contributed by atoms with Crippen LogP contribution < -0.4 is 10.5 Å². The van der Waals surface area contributed by atoms with Crippen molar-refractivity contribution < 1.29 is 12.8 Å². The second-order valence-electron chi connectivity index (χ2n) is 4.29. The zero-order valence-electron chi connectivity index (χ0n) is 10.1. The third-order valence-corrected chi connectivity index (χ3v) is 4.20. The molecule has 0 saturated carbocycles. The molecule has 0 aliphatic carbocycles. The Kier molecular flexibility index (Phi) is 3.70. The maximum atomic E-state index is 12.1. The van der Waals surface area contributed by atoms with E-state index in [2.05, 4.69) is 4.72 Å². The highest BCUT2D eigenvalue weighted by Gasteiger charge is 2.20. The summed E-state index contributed by atoms with van der Waals surface area (Å²) in [5.74, 6) is 0.0953. The summed E-state index contributed by atoms with van der Waals surface area (Å²) in [6.45, 7) is 2.64. The Bertz CT molecular complexity index is 634. The number of sulfonamides is 1. The van der Waals surface area contributed by atoms with Gasteiger partial charge in [0.2, 0.25) is 10.0 Å². The molecular weight excluding hydrogens is 252 g/mol. The number of furan rings is 1. The molecule has 0 spiro atoms. The molecule has 2 rings (SSSR count). The van der Waals surface area contributed by atoms with Gasteiger partial charge >= 0.3 is 0 Å². The summed E-state index contributed by atoms with van der Waals surface area (Å²) in [5.41, 5.74) is 6.02. The Morgan fingerprint density at radius 3 is 2.83 bits per heavy atom. The Morgan fingerprint density at radius 1 is 1.39 bits per heavy atom. The van der Waals surface area contributed by atoms with Gasteiger partial charge < -0.3 is 10.2 Å². The van der Waals surface area contributed by atoms with Gasteiger partial charge in [0.15, 0.2) is 0 Å². The molecule has 98 valence electrons. The van der Waals surface area contributed by atoms with Gasteiger partial charge in [0, 0.05) is 11.9 Å². The quantitative estimate of drug-likeness (QED) is 0.856. The third kappa shape index (κ3) is 2.55. The lowest BCUT2D eigenvalue weighted by Gasteiger charge is -2.09.